The van der Waals surface area contributed by atoms with Gasteiger partial charge in [0, 0.05) is 79.8 Å². The fourth-order valence-electron chi connectivity index (χ4n) is 6.88. The lowest BCUT2D eigenvalue weighted by atomic mass is 9.87. The van der Waals surface area contributed by atoms with E-state index in [4.69, 9.17) is 19.9 Å². The summed E-state index contributed by atoms with van der Waals surface area (Å²) in [5.74, 6) is 0.935. The van der Waals surface area contributed by atoms with Gasteiger partial charge in [-0.25, -0.2) is 0 Å². The van der Waals surface area contributed by atoms with Gasteiger partial charge in [-0.1, -0.05) is 25.1 Å². The fourth-order valence-corrected chi connectivity index (χ4v) is 6.88. The summed E-state index contributed by atoms with van der Waals surface area (Å²) in [6.45, 7) is 6.89. The minimum atomic E-state index is 0.114. The van der Waals surface area contributed by atoms with Gasteiger partial charge in [-0.2, -0.15) is 10.2 Å². The van der Waals surface area contributed by atoms with Crippen molar-refractivity contribution >= 4 is 16.7 Å². The lowest BCUT2D eigenvalue weighted by molar-refractivity contribution is -0.129. The maximum Gasteiger partial charge on any atom is 0.219 e. The van der Waals surface area contributed by atoms with Crippen LogP contribution in [0.15, 0.2) is 42.9 Å². The highest BCUT2D eigenvalue weighted by Crippen LogP contribution is 2.38. The van der Waals surface area contributed by atoms with Crippen LogP contribution < -0.4 is 0 Å². The van der Waals surface area contributed by atoms with Crippen molar-refractivity contribution in [1.29, 1.82) is 0 Å². The summed E-state index contributed by atoms with van der Waals surface area (Å²) < 4.78 is 10.1. The molecule has 0 radical (unpaired) electrons. The van der Waals surface area contributed by atoms with Crippen LogP contribution >= 0.6 is 0 Å². The van der Waals surface area contributed by atoms with E-state index in [9.17, 15) is 4.79 Å². The number of carbonyl (C=O) groups excluding carboxylic acids is 1. The van der Waals surface area contributed by atoms with E-state index in [0.717, 1.165) is 78.2 Å². The Morgan fingerprint density at radius 2 is 1.85 bits per heavy atom. The highest BCUT2D eigenvalue weighted by molar-refractivity contribution is 5.97. The van der Waals surface area contributed by atoms with Gasteiger partial charge in [0.25, 0.3) is 0 Å². The molecule has 1 aromatic carbocycles. The van der Waals surface area contributed by atoms with Crippen molar-refractivity contribution in [2.45, 2.75) is 77.4 Å². The van der Waals surface area contributed by atoms with Gasteiger partial charge in [-0.05, 0) is 55.9 Å². The van der Waals surface area contributed by atoms with E-state index in [1.54, 1.807) is 6.92 Å². The summed E-state index contributed by atoms with van der Waals surface area (Å²) >= 11 is 0. The number of hydrogen-bond donors (Lipinski definition) is 0. The molecule has 0 spiro atoms. The summed E-state index contributed by atoms with van der Waals surface area (Å²) in [4.78, 5) is 19.2. The van der Waals surface area contributed by atoms with Crippen LogP contribution in [0.25, 0.3) is 33.3 Å². The molecule has 2 aliphatic heterocycles. The van der Waals surface area contributed by atoms with Crippen LogP contribution in [0.1, 0.15) is 75.7 Å². The highest BCUT2D eigenvalue weighted by Gasteiger charge is 2.30. The van der Waals surface area contributed by atoms with Crippen molar-refractivity contribution < 1.29 is 9.53 Å². The van der Waals surface area contributed by atoms with Crippen LogP contribution in [0, 0.1) is 5.92 Å². The smallest absolute Gasteiger partial charge is 0.219 e. The largest absolute Gasteiger partial charge is 0.381 e. The molecule has 0 unspecified atom stereocenters. The molecule has 1 amide bonds. The molecule has 4 aromatic rings. The Bertz CT molecular complexity index is 1540. The van der Waals surface area contributed by atoms with Gasteiger partial charge in [0.05, 0.1) is 29.7 Å². The Morgan fingerprint density at radius 3 is 2.65 bits per heavy atom. The second-order valence-corrected chi connectivity index (χ2v) is 12.0. The third-order valence-corrected chi connectivity index (χ3v) is 9.34. The van der Waals surface area contributed by atoms with E-state index in [-0.39, 0.29) is 5.91 Å². The van der Waals surface area contributed by atoms with Gasteiger partial charge in [0.2, 0.25) is 5.91 Å². The second-order valence-electron chi connectivity index (χ2n) is 12.0. The van der Waals surface area contributed by atoms with E-state index in [1.807, 2.05) is 17.3 Å². The van der Waals surface area contributed by atoms with E-state index in [2.05, 4.69) is 46.7 Å². The van der Waals surface area contributed by atoms with Crippen molar-refractivity contribution in [3.05, 3.63) is 54.1 Å². The Morgan fingerprint density at radius 1 is 1.02 bits per heavy atom. The molecular formula is C32H38N6O2. The van der Waals surface area contributed by atoms with Gasteiger partial charge >= 0.3 is 0 Å². The van der Waals surface area contributed by atoms with Crippen LogP contribution in [-0.4, -0.2) is 55.1 Å². The molecule has 8 nitrogen and oxygen atoms in total. The normalized spacial score (nSPS) is 22.0. The first-order chi connectivity index (χ1) is 19.5. The topological polar surface area (TPSA) is 78.1 Å². The van der Waals surface area contributed by atoms with Gasteiger partial charge in [0.15, 0.2) is 0 Å². The van der Waals surface area contributed by atoms with E-state index in [0.29, 0.717) is 18.6 Å². The maximum atomic E-state index is 12.3. The molecule has 2 fully saturated rings. The van der Waals surface area contributed by atoms with Gasteiger partial charge < -0.3 is 9.64 Å². The molecule has 5 heterocycles. The number of amides is 1. The molecule has 8 heteroatoms. The number of ether oxygens (including phenoxy) is 1. The Kier molecular flexibility index (Phi) is 6.66. The summed E-state index contributed by atoms with van der Waals surface area (Å²) in [7, 11) is 0. The summed E-state index contributed by atoms with van der Waals surface area (Å²) in [5.41, 5.74) is 6.50. The molecular weight excluding hydrogens is 500 g/mol. The van der Waals surface area contributed by atoms with Gasteiger partial charge in [-0.15, -0.1) is 0 Å². The van der Waals surface area contributed by atoms with Crippen molar-refractivity contribution in [2.24, 2.45) is 5.92 Å². The zero-order chi connectivity index (χ0) is 27.2. The standard InChI is InChI=1S/C32H38N6O2/c1-21-6-8-25(9-7-21)37-19-24(17-34-37)30-16-23-4-3-5-27(28(23)18-33-30)32-29-20-36(22(2)39)13-10-31(29)38(35-32)26-11-14-40-15-12-26/h3-5,16-19,21,25-26H,6-15,20H2,1-2H3. The van der Waals surface area contributed by atoms with Crippen LogP contribution in [0.5, 0.6) is 0 Å². The lowest BCUT2D eigenvalue weighted by Crippen LogP contribution is -2.35. The molecule has 3 aliphatic rings. The van der Waals surface area contributed by atoms with Crippen LogP contribution in [0.3, 0.4) is 0 Å². The van der Waals surface area contributed by atoms with Crippen molar-refractivity contribution in [2.75, 3.05) is 19.8 Å². The fraction of sp³-hybridized carbons (Fsp3) is 0.500. The zero-order valence-corrected chi connectivity index (χ0v) is 23.6. The minimum absolute atomic E-state index is 0.114. The quantitative estimate of drug-likeness (QED) is 0.320. The van der Waals surface area contributed by atoms with Gasteiger partial charge in [-0.3, -0.25) is 19.1 Å². The maximum absolute atomic E-state index is 12.3. The number of rotatable bonds is 4. The zero-order valence-electron chi connectivity index (χ0n) is 23.6. The van der Waals surface area contributed by atoms with Crippen molar-refractivity contribution in [3.63, 3.8) is 0 Å². The van der Waals surface area contributed by atoms with Crippen molar-refractivity contribution in [1.82, 2.24) is 29.4 Å². The van der Waals surface area contributed by atoms with Crippen LogP contribution in [-0.2, 0) is 22.5 Å². The second kappa shape index (κ2) is 10.5. The molecule has 208 valence electrons. The molecule has 0 bridgehead atoms. The van der Waals surface area contributed by atoms with E-state index in [1.165, 1.54) is 36.9 Å². The SMILES string of the molecule is CC(=O)N1CCc2c(c(-c3cccc4cc(-c5cnn(C6CCC(C)CC6)c5)ncc34)nn2C2CCOCC2)C1. The Hall–Kier alpha value is -3.52. The Balaban J connectivity index is 1.25. The molecule has 7 rings (SSSR count). The number of nitrogens with zero attached hydrogens (tertiary/aromatic N) is 6. The monoisotopic (exact) mass is 538 g/mol. The number of aromatic nitrogens is 5. The average Bonchev–Trinajstić information content (AvgIpc) is 3.63. The molecule has 1 saturated carbocycles. The third-order valence-electron chi connectivity index (χ3n) is 9.34. The highest BCUT2D eigenvalue weighted by atomic mass is 16.5. The number of benzene rings is 1. The first-order valence-corrected chi connectivity index (χ1v) is 14.9. The molecule has 0 N–H and O–H groups in total. The number of carbonyl (C=O) groups is 1. The Labute approximate surface area is 235 Å². The summed E-state index contributed by atoms with van der Waals surface area (Å²) in [5, 5.41) is 12.2. The lowest BCUT2D eigenvalue weighted by Gasteiger charge is -2.29. The molecule has 0 atom stereocenters. The predicted octanol–water partition coefficient (Wildman–Crippen LogP) is 5.97. The predicted molar refractivity (Wildman–Crippen MR) is 155 cm³/mol. The summed E-state index contributed by atoms with van der Waals surface area (Å²) in [6.07, 6.45) is 13.8. The van der Waals surface area contributed by atoms with Crippen molar-refractivity contribution in [3.8, 4) is 22.5 Å². The molecule has 3 aromatic heterocycles. The van der Waals surface area contributed by atoms with E-state index >= 15 is 0 Å². The molecule has 40 heavy (non-hydrogen) atoms. The first-order valence-electron chi connectivity index (χ1n) is 14.9. The van der Waals surface area contributed by atoms with Crippen LogP contribution in [0.4, 0.5) is 0 Å². The first kappa shape index (κ1) is 25.4. The number of fused-ring (bicyclic) bond motifs is 2. The average molecular weight is 539 g/mol. The number of pyridine rings is 1. The van der Waals surface area contributed by atoms with Crippen LogP contribution in [0.2, 0.25) is 0 Å². The summed E-state index contributed by atoms with van der Waals surface area (Å²) in [6, 6.07) is 9.41. The molecule has 1 saturated heterocycles. The molecule has 1 aliphatic carbocycles. The van der Waals surface area contributed by atoms with E-state index < -0.39 is 0 Å². The third kappa shape index (κ3) is 4.62. The number of hydrogen-bond acceptors (Lipinski definition) is 5. The van der Waals surface area contributed by atoms with Gasteiger partial charge in [0.1, 0.15) is 0 Å². The minimum Gasteiger partial charge on any atom is -0.381 e.